The Morgan fingerprint density at radius 3 is 2.53 bits per heavy atom. The normalized spacial score (nSPS) is 14.8. The van der Waals surface area contributed by atoms with E-state index < -0.39 is 0 Å². The predicted octanol–water partition coefficient (Wildman–Crippen LogP) is 2.08. The molecule has 1 aromatic carbocycles. The molecule has 1 aliphatic heterocycles. The number of nitrogens with zero attached hydrogens (tertiary/aromatic N) is 1. The summed E-state index contributed by atoms with van der Waals surface area (Å²) in [6.07, 6.45) is 2.42. The zero-order valence-corrected chi connectivity index (χ0v) is 10.2. The lowest BCUT2D eigenvalue weighted by atomic mass is 10.1. The monoisotopic (exact) mass is 235 g/mol. The van der Waals surface area contributed by atoms with Gasteiger partial charge >= 0.3 is 5.97 Å². The molecule has 1 aliphatic rings. The number of carbonyl (C=O) groups is 1. The molecule has 0 atom stereocenters. The van der Waals surface area contributed by atoms with Crippen molar-refractivity contribution in [2.75, 3.05) is 32.2 Å². The van der Waals surface area contributed by atoms with E-state index >= 15 is 0 Å². The smallest absolute Gasteiger partial charge is 0.337 e. The van der Waals surface area contributed by atoms with Crippen LogP contribution < -0.4 is 9.64 Å². The number of anilines is 1. The van der Waals surface area contributed by atoms with Crippen LogP contribution in [0.15, 0.2) is 18.2 Å². The lowest BCUT2D eigenvalue weighted by Gasteiger charge is -2.20. The van der Waals surface area contributed by atoms with Crippen molar-refractivity contribution in [2.24, 2.45) is 0 Å². The van der Waals surface area contributed by atoms with Gasteiger partial charge in [-0.3, -0.25) is 0 Å². The van der Waals surface area contributed by atoms with Crippen LogP contribution in [0.25, 0.3) is 0 Å². The molecule has 0 bridgehead atoms. The predicted molar refractivity (Wildman–Crippen MR) is 65.8 cm³/mol. The largest absolute Gasteiger partial charge is 0.495 e. The van der Waals surface area contributed by atoms with Crippen molar-refractivity contribution in [3.05, 3.63) is 23.8 Å². The van der Waals surface area contributed by atoms with Gasteiger partial charge in [0.1, 0.15) is 5.75 Å². The van der Waals surface area contributed by atoms with E-state index in [4.69, 9.17) is 9.47 Å². The van der Waals surface area contributed by atoms with E-state index in [0.29, 0.717) is 5.56 Å². The Bertz CT molecular complexity index is 411. The lowest BCUT2D eigenvalue weighted by Crippen LogP contribution is -2.18. The van der Waals surface area contributed by atoms with Crippen LogP contribution in [0, 0.1) is 0 Å². The van der Waals surface area contributed by atoms with Crippen LogP contribution in [0.4, 0.5) is 5.69 Å². The van der Waals surface area contributed by atoms with Gasteiger partial charge in [-0.1, -0.05) is 0 Å². The van der Waals surface area contributed by atoms with Gasteiger partial charge in [0, 0.05) is 13.1 Å². The molecule has 0 amide bonds. The van der Waals surface area contributed by atoms with Crippen LogP contribution in [-0.4, -0.2) is 33.3 Å². The number of benzene rings is 1. The van der Waals surface area contributed by atoms with Crippen LogP contribution in [0.2, 0.25) is 0 Å². The van der Waals surface area contributed by atoms with Crippen molar-refractivity contribution in [2.45, 2.75) is 12.8 Å². The molecule has 0 saturated carbocycles. The molecule has 0 radical (unpaired) electrons. The maximum Gasteiger partial charge on any atom is 0.337 e. The molecule has 0 N–H and O–H groups in total. The molecule has 1 fully saturated rings. The van der Waals surface area contributed by atoms with Crippen molar-refractivity contribution in [3.8, 4) is 5.75 Å². The highest BCUT2D eigenvalue weighted by Gasteiger charge is 2.18. The highest BCUT2D eigenvalue weighted by molar-refractivity contribution is 5.90. The standard InChI is InChI=1S/C13H17NO3/c1-16-12-9-10(13(15)17-2)5-6-11(12)14-7-3-4-8-14/h5-6,9H,3-4,7-8H2,1-2H3. The first-order chi connectivity index (χ1) is 8.26. The third-order valence-corrected chi connectivity index (χ3v) is 3.05. The number of methoxy groups -OCH3 is 2. The van der Waals surface area contributed by atoms with Gasteiger partial charge in [-0.05, 0) is 31.0 Å². The molecule has 0 aromatic heterocycles. The summed E-state index contributed by atoms with van der Waals surface area (Å²) in [6.45, 7) is 2.10. The second-order valence-electron chi connectivity index (χ2n) is 4.07. The molecular weight excluding hydrogens is 218 g/mol. The number of hydrogen-bond donors (Lipinski definition) is 0. The summed E-state index contributed by atoms with van der Waals surface area (Å²) in [5, 5.41) is 0. The van der Waals surface area contributed by atoms with E-state index in [-0.39, 0.29) is 5.97 Å². The molecule has 4 heteroatoms. The Hall–Kier alpha value is -1.71. The minimum absolute atomic E-state index is 0.337. The second kappa shape index (κ2) is 5.08. The molecule has 4 nitrogen and oxygen atoms in total. The SMILES string of the molecule is COC(=O)c1ccc(N2CCCC2)c(OC)c1. The van der Waals surface area contributed by atoms with Gasteiger partial charge in [0.05, 0.1) is 25.5 Å². The average molecular weight is 235 g/mol. The molecule has 92 valence electrons. The number of rotatable bonds is 3. The van der Waals surface area contributed by atoms with E-state index in [1.54, 1.807) is 19.2 Å². The summed E-state index contributed by atoms with van der Waals surface area (Å²) < 4.78 is 10.0. The number of esters is 1. The van der Waals surface area contributed by atoms with Gasteiger partial charge in [0.15, 0.2) is 0 Å². The van der Waals surface area contributed by atoms with Crippen molar-refractivity contribution in [1.82, 2.24) is 0 Å². The summed E-state index contributed by atoms with van der Waals surface area (Å²) in [4.78, 5) is 13.7. The fraction of sp³-hybridized carbons (Fsp3) is 0.462. The van der Waals surface area contributed by atoms with E-state index in [2.05, 4.69) is 4.90 Å². The minimum Gasteiger partial charge on any atom is -0.495 e. The maximum absolute atomic E-state index is 11.4. The number of carbonyl (C=O) groups excluding carboxylic acids is 1. The third kappa shape index (κ3) is 2.35. The molecular formula is C13H17NO3. The van der Waals surface area contributed by atoms with Gasteiger partial charge in [-0.25, -0.2) is 4.79 Å². The quantitative estimate of drug-likeness (QED) is 0.752. The Kier molecular flexibility index (Phi) is 3.52. The van der Waals surface area contributed by atoms with Crippen molar-refractivity contribution in [1.29, 1.82) is 0 Å². The Balaban J connectivity index is 2.30. The molecule has 0 spiro atoms. The lowest BCUT2D eigenvalue weighted by molar-refractivity contribution is 0.0600. The molecule has 1 aromatic rings. The zero-order valence-electron chi connectivity index (χ0n) is 10.2. The molecule has 1 saturated heterocycles. The van der Waals surface area contributed by atoms with Crippen LogP contribution in [0.3, 0.4) is 0 Å². The van der Waals surface area contributed by atoms with E-state index in [1.165, 1.54) is 20.0 Å². The van der Waals surface area contributed by atoms with E-state index in [0.717, 1.165) is 24.5 Å². The van der Waals surface area contributed by atoms with Crippen molar-refractivity contribution >= 4 is 11.7 Å². The Morgan fingerprint density at radius 2 is 1.94 bits per heavy atom. The first-order valence-electron chi connectivity index (χ1n) is 5.77. The summed E-state index contributed by atoms with van der Waals surface area (Å²) in [7, 11) is 3.00. The van der Waals surface area contributed by atoms with E-state index in [9.17, 15) is 4.79 Å². The molecule has 17 heavy (non-hydrogen) atoms. The van der Waals surface area contributed by atoms with Crippen molar-refractivity contribution < 1.29 is 14.3 Å². The molecule has 1 heterocycles. The number of hydrogen-bond acceptors (Lipinski definition) is 4. The first-order valence-corrected chi connectivity index (χ1v) is 5.77. The molecule has 0 aliphatic carbocycles. The zero-order chi connectivity index (χ0) is 12.3. The van der Waals surface area contributed by atoms with Crippen LogP contribution in [-0.2, 0) is 4.74 Å². The summed E-state index contributed by atoms with van der Waals surface area (Å²) in [6, 6.07) is 5.44. The number of ether oxygens (including phenoxy) is 2. The fourth-order valence-electron chi connectivity index (χ4n) is 2.14. The van der Waals surface area contributed by atoms with Crippen LogP contribution in [0.5, 0.6) is 5.75 Å². The van der Waals surface area contributed by atoms with Gasteiger partial charge in [0.2, 0.25) is 0 Å². The van der Waals surface area contributed by atoms with Crippen LogP contribution in [0.1, 0.15) is 23.2 Å². The van der Waals surface area contributed by atoms with E-state index in [1.807, 2.05) is 6.07 Å². The van der Waals surface area contributed by atoms with Gasteiger partial charge in [0.25, 0.3) is 0 Å². The topological polar surface area (TPSA) is 38.8 Å². The molecule has 2 rings (SSSR count). The highest BCUT2D eigenvalue weighted by Crippen LogP contribution is 2.31. The summed E-state index contributed by atoms with van der Waals surface area (Å²) in [5.41, 5.74) is 1.57. The first kappa shape index (κ1) is 11.8. The molecule has 0 unspecified atom stereocenters. The van der Waals surface area contributed by atoms with Crippen molar-refractivity contribution in [3.63, 3.8) is 0 Å². The maximum atomic E-state index is 11.4. The Morgan fingerprint density at radius 1 is 1.24 bits per heavy atom. The second-order valence-corrected chi connectivity index (χ2v) is 4.07. The Labute approximate surface area is 101 Å². The van der Waals surface area contributed by atoms with Gasteiger partial charge < -0.3 is 14.4 Å². The third-order valence-electron chi connectivity index (χ3n) is 3.05. The highest BCUT2D eigenvalue weighted by atomic mass is 16.5. The minimum atomic E-state index is -0.337. The summed E-state index contributed by atoms with van der Waals surface area (Å²) in [5.74, 6) is 0.395. The van der Waals surface area contributed by atoms with Crippen LogP contribution >= 0.6 is 0 Å². The van der Waals surface area contributed by atoms with Gasteiger partial charge in [-0.15, -0.1) is 0 Å². The summed E-state index contributed by atoms with van der Waals surface area (Å²) >= 11 is 0. The average Bonchev–Trinajstić information content (AvgIpc) is 2.90. The van der Waals surface area contributed by atoms with Gasteiger partial charge in [-0.2, -0.15) is 0 Å². The fourth-order valence-corrected chi connectivity index (χ4v) is 2.14.